The normalized spacial score (nSPS) is 16.1. The van der Waals surface area contributed by atoms with Crippen LogP contribution >= 0.6 is 0 Å². The van der Waals surface area contributed by atoms with E-state index < -0.39 is 16.5 Å². The molecule has 1 heterocycles. The van der Waals surface area contributed by atoms with Crippen molar-refractivity contribution in [1.29, 1.82) is 0 Å². The summed E-state index contributed by atoms with van der Waals surface area (Å²) in [5.41, 5.74) is 1.01. The summed E-state index contributed by atoms with van der Waals surface area (Å²) < 4.78 is 30.0. The number of nitrogens with zero attached hydrogens (tertiary/aromatic N) is 2. The van der Waals surface area contributed by atoms with Crippen molar-refractivity contribution in [3.63, 3.8) is 0 Å². The van der Waals surface area contributed by atoms with Crippen LogP contribution in [0.15, 0.2) is 41.6 Å². The molecule has 0 saturated heterocycles. The van der Waals surface area contributed by atoms with Crippen LogP contribution < -0.4 is 0 Å². The zero-order valence-electron chi connectivity index (χ0n) is 12.0. The van der Waals surface area contributed by atoms with Crippen LogP contribution in [0.5, 0.6) is 0 Å². The van der Waals surface area contributed by atoms with Gasteiger partial charge in [0.25, 0.3) is 10.1 Å². The highest BCUT2D eigenvalue weighted by molar-refractivity contribution is 7.86. The molecule has 20 heavy (non-hydrogen) atoms. The lowest BCUT2D eigenvalue weighted by molar-refractivity contribution is -0.0158. The first-order valence-corrected chi connectivity index (χ1v) is 8.08. The lowest BCUT2D eigenvalue weighted by Crippen LogP contribution is -2.42. The highest BCUT2D eigenvalue weighted by Gasteiger charge is 2.31. The number of rotatable bonds is 5. The van der Waals surface area contributed by atoms with Gasteiger partial charge in [-0.2, -0.15) is 8.42 Å². The summed E-state index contributed by atoms with van der Waals surface area (Å²) in [5, 5.41) is 0. The second-order valence-corrected chi connectivity index (χ2v) is 6.22. The third-order valence-corrected chi connectivity index (χ3v) is 4.54. The van der Waals surface area contributed by atoms with Crippen molar-refractivity contribution in [3.05, 3.63) is 42.2 Å². The van der Waals surface area contributed by atoms with E-state index in [1.165, 1.54) is 0 Å². The Labute approximate surface area is 120 Å². The Bertz CT molecular complexity index is 567. The minimum absolute atomic E-state index is 0.183. The molecule has 5 nitrogen and oxygen atoms in total. The van der Waals surface area contributed by atoms with Gasteiger partial charge in [0.1, 0.15) is 0 Å². The van der Waals surface area contributed by atoms with Gasteiger partial charge >= 0.3 is 0 Å². The quantitative estimate of drug-likeness (QED) is 0.779. The first-order chi connectivity index (χ1) is 9.47. The van der Waals surface area contributed by atoms with Crippen molar-refractivity contribution in [2.45, 2.75) is 32.0 Å². The minimum atomic E-state index is -3.77. The molecule has 1 aromatic carbocycles. The van der Waals surface area contributed by atoms with Gasteiger partial charge in [0.15, 0.2) is 0 Å². The average Bonchev–Trinajstić information content (AvgIpc) is 2.80. The number of hydrogen-bond donors (Lipinski definition) is 0. The molecule has 1 aliphatic rings. The van der Waals surface area contributed by atoms with Gasteiger partial charge in [-0.25, -0.2) is 4.18 Å². The maximum Gasteiger partial charge on any atom is 0.300 e. The summed E-state index contributed by atoms with van der Waals surface area (Å²) >= 11 is 0. The molecular formula is C14H20N2O3S. The van der Waals surface area contributed by atoms with E-state index in [1.54, 1.807) is 24.3 Å². The summed E-state index contributed by atoms with van der Waals surface area (Å²) in [6, 6.07) is 6.66. The van der Waals surface area contributed by atoms with Gasteiger partial charge in [-0.05, 0) is 32.9 Å². The fourth-order valence-electron chi connectivity index (χ4n) is 2.02. The summed E-state index contributed by atoms with van der Waals surface area (Å²) in [6.45, 7) is 7.19. The third kappa shape index (κ3) is 2.96. The molecular weight excluding hydrogens is 276 g/mol. The monoisotopic (exact) mass is 296 g/mol. The van der Waals surface area contributed by atoms with Gasteiger partial charge in [0.2, 0.25) is 6.35 Å². The number of benzene rings is 1. The van der Waals surface area contributed by atoms with Crippen molar-refractivity contribution in [1.82, 2.24) is 9.80 Å². The van der Waals surface area contributed by atoms with Crippen LogP contribution in [0.1, 0.15) is 19.4 Å². The Morgan fingerprint density at radius 2 is 1.55 bits per heavy atom. The standard InChI is InChI=1S/C14H20N2O3S/c1-4-15-10-11-16(5-2)14(15)19-20(17,18)13-8-6-12(3)7-9-13/h6-11,14H,4-5H2,1-3H3. The van der Waals surface area contributed by atoms with Crippen LogP contribution in [0.25, 0.3) is 0 Å². The highest BCUT2D eigenvalue weighted by atomic mass is 32.2. The molecule has 0 saturated carbocycles. The predicted molar refractivity (Wildman–Crippen MR) is 77.1 cm³/mol. The topological polar surface area (TPSA) is 49.9 Å². The third-order valence-electron chi connectivity index (χ3n) is 3.27. The van der Waals surface area contributed by atoms with Crippen LogP contribution in [0.2, 0.25) is 0 Å². The fraction of sp³-hybridized carbons (Fsp3) is 0.429. The van der Waals surface area contributed by atoms with E-state index in [1.807, 2.05) is 43.0 Å². The molecule has 0 atom stereocenters. The predicted octanol–water partition coefficient (Wildman–Crippen LogP) is 2.11. The molecule has 2 rings (SSSR count). The van der Waals surface area contributed by atoms with Gasteiger partial charge in [0.05, 0.1) is 4.90 Å². The Kier molecular flexibility index (Phi) is 4.35. The summed E-state index contributed by atoms with van der Waals surface area (Å²) in [4.78, 5) is 3.87. The average molecular weight is 296 g/mol. The van der Waals surface area contributed by atoms with Crippen molar-refractivity contribution >= 4 is 10.1 Å². The van der Waals surface area contributed by atoms with E-state index in [9.17, 15) is 8.42 Å². The van der Waals surface area contributed by atoms with Crippen molar-refractivity contribution in [2.75, 3.05) is 13.1 Å². The molecule has 110 valence electrons. The first-order valence-electron chi connectivity index (χ1n) is 6.67. The fourth-order valence-corrected chi connectivity index (χ4v) is 3.04. The largest absolute Gasteiger partial charge is 0.333 e. The second-order valence-electron chi connectivity index (χ2n) is 4.65. The zero-order chi connectivity index (χ0) is 14.8. The minimum Gasteiger partial charge on any atom is -0.333 e. The molecule has 0 N–H and O–H groups in total. The van der Waals surface area contributed by atoms with Crippen LogP contribution in [0.3, 0.4) is 0 Å². The van der Waals surface area contributed by atoms with E-state index >= 15 is 0 Å². The van der Waals surface area contributed by atoms with E-state index in [-0.39, 0.29) is 4.90 Å². The van der Waals surface area contributed by atoms with Gasteiger partial charge in [-0.15, -0.1) is 0 Å². The Balaban J connectivity index is 2.21. The first kappa shape index (κ1) is 14.9. The van der Waals surface area contributed by atoms with Crippen molar-refractivity contribution < 1.29 is 12.6 Å². The molecule has 6 heteroatoms. The smallest absolute Gasteiger partial charge is 0.300 e. The molecule has 0 fully saturated rings. The van der Waals surface area contributed by atoms with E-state index in [4.69, 9.17) is 4.18 Å². The summed E-state index contributed by atoms with van der Waals surface area (Å²) in [6.07, 6.45) is 3.09. The molecule has 0 aliphatic carbocycles. The lowest BCUT2D eigenvalue weighted by Gasteiger charge is -2.30. The molecule has 0 spiro atoms. The maximum atomic E-state index is 12.3. The molecule has 0 bridgehead atoms. The van der Waals surface area contributed by atoms with Gasteiger partial charge in [-0.1, -0.05) is 17.7 Å². The van der Waals surface area contributed by atoms with Crippen molar-refractivity contribution in [2.24, 2.45) is 0 Å². The van der Waals surface area contributed by atoms with Gasteiger partial charge in [-0.3, -0.25) is 0 Å². The molecule has 0 radical (unpaired) electrons. The Hall–Kier alpha value is -1.53. The van der Waals surface area contributed by atoms with Crippen molar-refractivity contribution in [3.8, 4) is 0 Å². The van der Waals surface area contributed by atoms with E-state index in [0.717, 1.165) is 5.56 Å². The Morgan fingerprint density at radius 1 is 1.05 bits per heavy atom. The van der Waals surface area contributed by atoms with E-state index in [2.05, 4.69) is 0 Å². The molecule has 0 unspecified atom stereocenters. The van der Waals surface area contributed by atoms with Crippen LogP contribution in [-0.4, -0.2) is 37.7 Å². The lowest BCUT2D eigenvalue weighted by atomic mass is 10.2. The maximum absolute atomic E-state index is 12.3. The summed E-state index contributed by atoms with van der Waals surface area (Å²) in [7, 11) is -3.77. The van der Waals surface area contributed by atoms with Crippen LogP contribution in [0, 0.1) is 6.92 Å². The molecule has 1 aliphatic heterocycles. The van der Waals surface area contributed by atoms with Gasteiger partial charge in [0, 0.05) is 25.5 Å². The zero-order valence-corrected chi connectivity index (χ0v) is 12.8. The SMILES string of the molecule is CCN1C=CN(CC)C1OS(=O)(=O)c1ccc(C)cc1. The number of aryl methyl sites for hydroxylation is 1. The second kappa shape index (κ2) is 5.85. The van der Waals surface area contributed by atoms with Crippen LogP contribution in [-0.2, 0) is 14.3 Å². The van der Waals surface area contributed by atoms with Gasteiger partial charge < -0.3 is 9.80 Å². The molecule has 0 amide bonds. The Morgan fingerprint density at radius 3 is 2.00 bits per heavy atom. The van der Waals surface area contributed by atoms with Crippen LogP contribution in [0.4, 0.5) is 0 Å². The number of hydrogen-bond acceptors (Lipinski definition) is 5. The van der Waals surface area contributed by atoms with E-state index in [0.29, 0.717) is 13.1 Å². The molecule has 1 aromatic rings. The highest BCUT2D eigenvalue weighted by Crippen LogP contribution is 2.22. The molecule has 0 aromatic heterocycles. The summed E-state index contributed by atoms with van der Waals surface area (Å²) in [5.74, 6) is 0.